The number of amides is 1. The molecule has 0 radical (unpaired) electrons. The lowest BCUT2D eigenvalue weighted by molar-refractivity contribution is -0.138. The molecule has 2 rings (SSSR count). The minimum atomic E-state index is -0.809. The van der Waals surface area contributed by atoms with Gasteiger partial charge in [0.2, 0.25) is 0 Å². The van der Waals surface area contributed by atoms with Gasteiger partial charge in [-0.25, -0.2) is 0 Å². The minimum Gasteiger partial charge on any atom is -0.481 e. The Balaban J connectivity index is 1.91. The Kier molecular flexibility index (Phi) is 5.04. The van der Waals surface area contributed by atoms with Crippen LogP contribution in [0.15, 0.2) is 18.3 Å². The first-order chi connectivity index (χ1) is 9.97. The maximum Gasteiger partial charge on any atom is 0.303 e. The Morgan fingerprint density at radius 3 is 2.71 bits per heavy atom. The zero-order valence-corrected chi connectivity index (χ0v) is 12.7. The Labute approximate surface area is 125 Å². The number of carbonyl (C=O) groups excluding carboxylic acids is 1. The minimum absolute atomic E-state index is 0.0178. The lowest BCUT2D eigenvalue weighted by Crippen LogP contribution is -2.32. The van der Waals surface area contributed by atoms with Gasteiger partial charge in [-0.15, -0.1) is 0 Å². The lowest BCUT2D eigenvalue weighted by Gasteiger charge is -2.18. The van der Waals surface area contributed by atoms with Crippen molar-refractivity contribution in [1.82, 2.24) is 9.88 Å². The molecule has 1 aliphatic rings. The fraction of sp³-hybridized carbons (Fsp3) is 0.625. The number of nitrogens with one attached hydrogen (secondary N) is 1. The highest BCUT2D eigenvalue weighted by molar-refractivity contribution is 5.92. The van der Waals surface area contributed by atoms with Crippen LogP contribution in [0.2, 0.25) is 0 Å². The highest BCUT2D eigenvalue weighted by atomic mass is 16.4. The molecule has 2 N–H and O–H groups in total. The van der Waals surface area contributed by atoms with E-state index in [1.165, 1.54) is 0 Å². The van der Waals surface area contributed by atoms with Gasteiger partial charge in [0.1, 0.15) is 5.69 Å². The Hall–Kier alpha value is -1.78. The Morgan fingerprint density at radius 1 is 1.43 bits per heavy atom. The summed E-state index contributed by atoms with van der Waals surface area (Å²) in [7, 11) is 0. The molecular formula is C16H24N2O3. The van der Waals surface area contributed by atoms with E-state index in [1.807, 2.05) is 22.9 Å². The van der Waals surface area contributed by atoms with Crippen LogP contribution in [-0.4, -0.2) is 28.1 Å². The Bertz CT molecular complexity index is 503. The van der Waals surface area contributed by atoms with E-state index in [0.29, 0.717) is 24.2 Å². The van der Waals surface area contributed by atoms with Crippen LogP contribution in [0.3, 0.4) is 0 Å². The summed E-state index contributed by atoms with van der Waals surface area (Å²) in [4.78, 5) is 23.2. The second-order valence-electron chi connectivity index (χ2n) is 6.34. The summed E-state index contributed by atoms with van der Waals surface area (Å²) in [5, 5.41) is 11.9. The van der Waals surface area contributed by atoms with E-state index in [-0.39, 0.29) is 18.2 Å². The molecular weight excluding hydrogens is 268 g/mol. The van der Waals surface area contributed by atoms with Crippen molar-refractivity contribution < 1.29 is 14.7 Å². The predicted molar refractivity (Wildman–Crippen MR) is 80.2 cm³/mol. The number of aromatic nitrogens is 1. The molecule has 1 atom stereocenters. The molecule has 5 heteroatoms. The molecule has 0 saturated heterocycles. The number of carboxylic acid groups (broad SMARTS) is 1. The van der Waals surface area contributed by atoms with Crippen molar-refractivity contribution in [2.45, 2.75) is 45.6 Å². The van der Waals surface area contributed by atoms with Gasteiger partial charge in [-0.2, -0.15) is 0 Å². The Morgan fingerprint density at radius 2 is 2.14 bits per heavy atom. The number of rotatable bonds is 8. The van der Waals surface area contributed by atoms with Crippen LogP contribution in [0.4, 0.5) is 0 Å². The fourth-order valence-corrected chi connectivity index (χ4v) is 2.74. The third kappa shape index (κ3) is 4.62. The van der Waals surface area contributed by atoms with Gasteiger partial charge in [0, 0.05) is 25.2 Å². The number of hydrogen-bond acceptors (Lipinski definition) is 2. The molecule has 21 heavy (non-hydrogen) atoms. The van der Waals surface area contributed by atoms with Gasteiger partial charge in [-0.05, 0) is 43.2 Å². The molecule has 0 aromatic carbocycles. The van der Waals surface area contributed by atoms with Gasteiger partial charge in [0.05, 0.1) is 0 Å². The summed E-state index contributed by atoms with van der Waals surface area (Å²) in [6.45, 7) is 4.54. The smallest absolute Gasteiger partial charge is 0.303 e. The summed E-state index contributed by atoms with van der Waals surface area (Å²) < 4.78 is 2.02. The molecule has 1 aromatic rings. The summed E-state index contributed by atoms with van der Waals surface area (Å²) in [6, 6.07) is 4.17. The number of nitrogens with zero attached hydrogens (tertiary/aromatic N) is 1. The first-order valence-corrected chi connectivity index (χ1v) is 7.64. The topological polar surface area (TPSA) is 71.3 Å². The van der Waals surface area contributed by atoms with Crippen molar-refractivity contribution in [1.29, 1.82) is 0 Å². The van der Waals surface area contributed by atoms with E-state index in [1.54, 1.807) is 0 Å². The largest absolute Gasteiger partial charge is 0.481 e. The normalized spacial score (nSPS) is 16.0. The third-order valence-electron chi connectivity index (χ3n) is 3.77. The van der Waals surface area contributed by atoms with Gasteiger partial charge in [0.15, 0.2) is 0 Å². The van der Waals surface area contributed by atoms with E-state index in [4.69, 9.17) is 5.11 Å². The maximum absolute atomic E-state index is 12.3. The maximum atomic E-state index is 12.3. The van der Waals surface area contributed by atoms with Crippen LogP contribution >= 0.6 is 0 Å². The number of aliphatic carboxylic acids is 1. The van der Waals surface area contributed by atoms with Crippen molar-refractivity contribution in [3.8, 4) is 0 Å². The number of carboxylic acids is 1. The zero-order valence-electron chi connectivity index (χ0n) is 12.7. The van der Waals surface area contributed by atoms with Gasteiger partial charge >= 0.3 is 5.97 Å². The molecule has 0 aliphatic heterocycles. The standard InChI is InChI=1S/C16H24N2O3/c1-11(2)8-12(9-15(19)20)10-17-16(21)14-4-3-7-18(14)13-5-6-13/h3-4,7,11-13H,5-6,8-10H2,1-2H3,(H,17,21)(H,19,20)/t12-/m0/s1. The molecule has 0 unspecified atom stereocenters. The first kappa shape index (κ1) is 15.6. The molecule has 1 heterocycles. The molecule has 1 saturated carbocycles. The van der Waals surface area contributed by atoms with Crippen LogP contribution in [0, 0.1) is 11.8 Å². The predicted octanol–water partition coefficient (Wildman–Crippen LogP) is 2.69. The molecule has 5 nitrogen and oxygen atoms in total. The summed E-state index contributed by atoms with van der Waals surface area (Å²) in [5.74, 6) is -0.514. The molecule has 116 valence electrons. The summed E-state index contributed by atoms with van der Waals surface area (Å²) in [6.07, 6.45) is 5.10. The van der Waals surface area contributed by atoms with Crippen LogP contribution in [0.1, 0.15) is 56.1 Å². The second-order valence-corrected chi connectivity index (χ2v) is 6.34. The van der Waals surface area contributed by atoms with Crippen molar-refractivity contribution in [2.75, 3.05) is 6.54 Å². The molecule has 1 fully saturated rings. The van der Waals surface area contributed by atoms with Crippen molar-refractivity contribution in [3.63, 3.8) is 0 Å². The van der Waals surface area contributed by atoms with E-state index in [2.05, 4.69) is 19.2 Å². The van der Waals surface area contributed by atoms with E-state index >= 15 is 0 Å². The fourth-order valence-electron chi connectivity index (χ4n) is 2.74. The SMILES string of the molecule is CC(C)C[C@H](CNC(=O)c1cccn1C1CC1)CC(=O)O. The average Bonchev–Trinajstić information content (AvgIpc) is 3.11. The lowest BCUT2D eigenvalue weighted by atomic mass is 9.94. The number of carbonyl (C=O) groups is 2. The van der Waals surface area contributed by atoms with Gasteiger partial charge in [0.25, 0.3) is 5.91 Å². The van der Waals surface area contributed by atoms with Crippen LogP contribution in [0.25, 0.3) is 0 Å². The highest BCUT2D eigenvalue weighted by Crippen LogP contribution is 2.35. The van der Waals surface area contributed by atoms with Crippen LogP contribution < -0.4 is 5.32 Å². The van der Waals surface area contributed by atoms with Crippen molar-refractivity contribution in [3.05, 3.63) is 24.0 Å². The molecule has 0 spiro atoms. The molecule has 1 aliphatic carbocycles. The molecule has 0 bridgehead atoms. The first-order valence-electron chi connectivity index (χ1n) is 7.64. The van der Waals surface area contributed by atoms with Crippen LogP contribution in [-0.2, 0) is 4.79 Å². The molecule has 1 amide bonds. The summed E-state index contributed by atoms with van der Waals surface area (Å²) in [5.41, 5.74) is 0.677. The number of hydrogen-bond donors (Lipinski definition) is 2. The third-order valence-corrected chi connectivity index (χ3v) is 3.77. The highest BCUT2D eigenvalue weighted by Gasteiger charge is 2.27. The van der Waals surface area contributed by atoms with Crippen molar-refractivity contribution in [2.24, 2.45) is 11.8 Å². The average molecular weight is 292 g/mol. The second kappa shape index (κ2) is 6.78. The molecule has 1 aromatic heterocycles. The van der Waals surface area contributed by atoms with E-state index < -0.39 is 5.97 Å². The summed E-state index contributed by atoms with van der Waals surface area (Å²) >= 11 is 0. The van der Waals surface area contributed by atoms with Crippen LogP contribution in [0.5, 0.6) is 0 Å². The quantitative estimate of drug-likeness (QED) is 0.774. The van der Waals surface area contributed by atoms with Gasteiger partial charge < -0.3 is 15.0 Å². The van der Waals surface area contributed by atoms with E-state index in [0.717, 1.165) is 19.3 Å². The monoisotopic (exact) mass is 292 g/mol. The zero-order chi connectivity index (χ0) is 15.4. The van der Waals surface area contributed by atoms with E-state index in [9.17, 15) is 9.59 Å². The van der Waals surface area contributed by atoms with Gasteiger partial charge in [-0.3, -0.25) is 9.59 Å². The van der Waals surface area contributed by atoms with Gasteiger partial charge in [-0.1, -0.05) is 13.8 Å². The van der Waals surface area contributed by atoms with Crippen molar-refractivity contribution >= 4 is 11.9 Å².